The molecule has 62 valence electrons. The second kappa shape index (κ2) is 3.81. The quantitative estimate of drug-likeness (QED) is 0.609. The summed E-state index contributed by atoms with van der Waals surface area (Å²) in [6, 6.07) is 0. The van der Waals surface area contributed by atoms with E-state index in [4.69, 9.17) is 0 Å². The molecular formula is C6H11F3O. The third-order valence-corrected chi connectivity index (χ3v) is 1.11. The van der Waals surface area contributed by atoms with E-state index in [1.165, 1.54) is 0 Å². The SMILES string of the molecule is CCC(C)OCC(F)(F)F. The highest BCUT2D eigenvalue weighted by Crippen LogP contribution is 2.15. The van der Waals surface area contributed by atoms with Crippen molar-refractivity contribution >= 4 is 0 Å². The van der Waals surface area contributed by atoms with Gasteiger partial charge in [-0.15, -0.1) is 0 Å². The predicted octanol–water partition coefficient (Wildman–Crippen LogP) is 2.36. The molecule has 0 N–H and O–H groups in total. The molecule has 1 unspecified atom stereocenters. The van der Waals surface area contributed by atoms with Crippen LogP contribution in [0.15, 0.2) is 0 Å². The van der Waals surface area contributed by atoms with E-state index in [1.54, 1.807) is 13.8 Å². The molecule has 0 radical (unpaired) electrons. The monoisotopic (exact) mass is 156 g/mol. The van der Waals surface area contributed by atoms with Gasteiger partial charge >= 0.3 is 6.18 Å². The Bertz CT molecular complexity index is 89.5. The van der Waals surface area contributed by atoms with Crippen LogP contribution >= 0.6 is 0 Å². The lowest BCUT2D eigenvalue weighted by atomic mass is 10.3. The molecule has 0 aliphatic rings. The third kappa shape index (κ3) is 5.88. The number of hydrogen-bond acceptors (Lipinski definition) is 1. The van der Waals surface area contributed by atoms with Crippen molar-refractivity contribution in [2.75, 3.05) is 6.61 Å². The van der Waals surface area contributed by atoms with E-state index in [0.717, 1.165) is 0 Å². The van der Waals surface area contributed by atoms with Crippen LogP contribution in [0.4, 0.5) is 13.2 Å². The molecule has 1 nitrogen and oxygen atoms in total. The topological polar surface area (TPSA) is 9.23 Å². The minimum atomic E-state index is -4.19. The number of halogens is 3. The van der Waals surface area contributed by atoms with Crippen molar-refractivity contribution < 1.29 is 17.9 Å². The Kier molecular flexibility index (Phi) is 3.71. The van der Waals surface area contributed by atoms with Crippen LogP contribution < -0.4 is 0 Å². The summed E-state index contributed by atoms with van der Waals surface area (Å²) in [5.74, 6) is 0. The minimum absolute atomic E-state index is 0.304. The van der Waals surface area contributed by atoms with Gasteiger partial charge in [0.25, 0.3) is 0 Å². The van der Waals surface area contributed by atoms with Crippen LogP contribution in [0.3, 0.4) is 0 Å². The van der Waals surface area contributed by atoms with Crippen molar-refractivity contribution in [3.8, 4) is 0 Å². The molecule has 10 heavy (non-hydrogen) atoms. The first kappa shape index (κ1) is 9.75. The van der Waals surface area contributed by atoms with Crippen LogP contribution in [0.5, 0.6) is 0 Å². The van der Waals surface area contributed by atoms with Gasteiger partial charge in [-0.2, -0.15) is 13.2 Å². The molecule has 0 bridgehead atoms. The van der Waals surface area contributed by atoms with Crippen molar-refractivity contribution in [2.24, 2.45) is 0 Å². The maximum atomic E-state index is 11.4. The van der Waals surface area contributed by atoms with E-state index in [0.29, 0.717) is 6.42 Å². The van der Waals surface area contributed by atoms with E-state index >= 15 is 0 Å². The number of hydrogen-bond donors (Lipinski definition) is 0. The lowest BCUT2D eigenvalue weighted by molar-refractivity contribution is -0.183. The van der Waals surface area contributed by atoms with Crippen LogP contribution in [0.25, 0.3) is 0 Å². The van der Waals surface area contributed by atoms with E-state index in [-0.39, 0.29) is 6.10 Å². The van der Waals surface area contributed by atoms with Crippen LogP contribution in [0, 0.1) is 0 Å². The van der Waals surface area contributed by atoms with Crippen molar-refractivity contribution in [3.05, 3.63) is 0 Å². The van der Waals surface area contributed by atoms with Crippen LogP contribution in [0.2, 0.25) is 0 Å². The summed E-state index contributed by atoms with van der Waals surface area (Å²) >= 11 is 0. The Morgan fingerprint density at radius 3 is 2.20 bits per heavy atom. The van der Waals surface area contributed by atoms with E-state index < -0.39 is 12.8 Å². The molecule has 0 aliphatic heterocycles. The first-order valence-corrected chi connectivity index (χ1v) is 3.14. The van der Waals surface area contributed by atoms with Crippen LogP contribution in [-0.2, 0) is 4.74 Å². The second-order valence-electron chi connectivity index (χ2n) is 2.15. The Hall–Kier alpha value is -0.250. The summed E-state index contributed by atoms with van der Waals surface area (Å²) < 4.78 is 38.7. The normalized spacial score (nSPS) is 15.3. The molecule has 0 amide bonds. The van der Waals surface area contributed by atoms with Gasteiger partial charge in [-0.3, -0.25) is 0 Å². The molecule has 0 rings (SSSR count). The molecule has 0 aromatic heterocycles. The highest BCUT2D eigenvalue weighted by molar-refractivity contribution is 4.50. The molecule has 4 heteroatoms. The van der Waals surface area contributed by atoms with Gasteiger partial charge in [0, 0.05) is 0 Å². The first-order valence-electron chi connectivity index (χ1n) is 3.14. The Morgan fingerprint density at radius 1 is 1.40 bits per heavy atom. The zero-order valence-electron chi connectivity index (χ0n) is 6.03. The zero-order chi connectivity index (χ0) is 8.20. The largest absolute Gasteiger partial charge is 0.411 e. The lowest BCUT2D eigenvalue weighted by Gasteiger charge is -2.11. The predicted molar refractivity (Wildman–Crippen MR) is 31.8 cm³/mol. The Morgan fingerprint density at radius 2 is 1.90 bits per heavy atom. The number of alkyl halides is 3. The van der Waals surface area contributed by atoms with Crippen molar-refractivity contribution in [3.63, 3.8) is 0 Å². The molecule has 0 heterocycles. The van der Waals surface area contributed by atoms with Gasteiger partial charge in [0.1, 0.15) is 6.61 Å². The molecule has 0 aromatic carbocycles. The van der Waals surface area contributed by atoms with Gasteiger partial charge in [-0.05, 0) is 13.3 Å². The van der Waals surface area contributed by atoms with E-state index in [1.807, 2.05) is 0 Å². The molecule has 1 atom stereocenters. The molecule has 0 aliphatic carbocycles. The number of rotatable bonds is 3. The van der Waals surface area contributed by atoms with Crippen LogP contribution in [-0.4, -0.2) is 18.9 Å². The molecule has 0 fully saturated rings. The zero-order valence-corrected chi connectivity index (χ0v) is 6.03. The summed E-state index contributed by atoms with van der Waals surface area (Å²) in [7, 11) is 0. The van der Waals surface area contributed by atoms with Crippen molar-refractivity contribution in [1.82, 2.24) is 0 Å². The maximum absolute atomic E-state index is 11.4. The fraction of sp³-hybridized carbons (Fsp3) is 1.00. The molecule has 0 saturated carbocycles. The maximum Gasteiger partial charge on any atom is 0.411 e. The standard InChI is InChI=1S/C6H11F3O/c1-3-5(2)10-4-6(7,8)9/h5H,3-4H2,1-2H3. The summed E-state index contributed by atoms with van der Waals surface area (Å²) in [6.45, 7) is 2.26. The summed E-state index contributed by atoms with van der Waals surface area (Å²) in [6.07, 6.45) is -3.89. The second-order valence-corrected chi connectivity index (χ2v) is 2.15. The fourth-order valence-corrected chi connectivity index (χ4v) is 0.355. The van der Waals surface area contributed by atoms with Gasteiger partial charge < -0.3 is 4.74 Å². The van der Waals surface area contributed by atoms with E-state index in [2.05, 4.69) is 4.74 Å². The summed E-state index contributed by atoms with van der Waals surface area (Å²) in [5, 5.41) is 0. The third-order valence-electron chi connectivity index (χ3n) is 1.11. The lowest BCUT2D eigenvalue weighted by Crippen LogP contribution is -2.21. The molecule has 0 aromatic rings. The first-order chi connectivity index (χ1) is 4.45. The van der Waals surface area contributed by atoms with Gasteiger partial charge in [0.2, 0.25) is 0 Å². The molecular weight excluding hydrogens is 145 g/mol. The van der Waals surface area contributed by atoms with Crippen LogP contribution in [0.1, 0.15) is 20.3 Å². The summed E-state index contributed by atoms with van der Waals surface area (Å²) in [5.41, 5.74) is 0. The van der Waals surface area contributed by atoms with Gasteiger partial charge in [-0.1, -0.05) is 6.92 Å². The van der Waals surface area contributed by atoms with Gasteiger partial charge in [-0.25, -0.2) is 0 Å². The fourth-order valence-electron chi connectivity index (χ4n) is 0.355. The minimum Gasteiger partial charge on any atom is -0.369 e. The Labute approximate surface area is 58.2 Å². The average molecular weight is 156 g/mol. The molecule has 0 saturated heterocycles. The van der Waals surface area contributed by atoms with E-state index in [9.17, 15) is 13.2 Å². The molecule has 0 spiro atoms. The smallest absolute Gasteiger partial charge is 0.369 e. The summed E-state index contributed by atoms with van der Waals surface area (Å²) in [4.78, 5) is 0. The van der Waals surface area contributed by atoms with Crippen molar-refractivity contribution in [2.45, 2.75) is 32.5 Å². The highest BCUT2D eigenvalue weighted by Gasteiger charge is 2.28. The average Bonchev–Trinajstić information content (AvgIpc) is 1.81. The van der Waals surface area contributed by atoms with Gasteiger partial charge in [0.15, 0.2) is 0 Å². The Balaban J connectivity index is 3.36. The number of ether oxygens (including phenoxy) is 1. The van der Waals surface area contributed by atoms with Crippen molar-refractivity contribution in [1.29, 1.82) is 0 Å². The highest BCUT2D eigenvalue weighted by atomic mass is 19.4. The van der Waals surface area contributed by atoms with Gasteiger partial charge in [0.05, 0.1) is 6.10 Å².